The van der Waals surface area contributed by atoms with Gasteiger partial charge in [-0.2, -0.15) is 12.7 Å². The molecule has 1 saturated heterocycles. The second-order valence-corrected chi connectivity index (χ2v) is 5.62. The molecule has 0 aliphatic carbocycles. The van der Waals surface area contributed by atoms with E-state index in [1.165, 1.54) is 10.4 Å². The van der Waals surface area contributed by atoms with Crippen LogP contribution in [0.1, 0.15) is 0 Å². The van der Waals surface area contributed by atoms with Gasteiger partial charge in [0.15, 0.2) is 0 Å². The van der Waals surface area contributed by atoms with Crippen LogP contribution in [-0.2, 0) is 10.2 Å². The molecule has 4 nitrogen and oxygen atoms in total. The Labute approximate surface area is 98.0 Å². The van der Waals surface area contributed by atoms with Crippen LogP contribution in [0.3, 0.4) is 0 Å². The maximum absolute atomic E-state index is 11.5. The standard InChI is InChI=1S/C8H8Cl2N2O2S/c9-7-2-1-6(5-8(7)10)11-15(13,14)12-3-4-12/h1-2,5,11H,3-4H2. The van der Waals surface area contributed by atoms with E-state index < -0.39 is 10.2 Å². The van der Waals surface area contributed by atoms with E-state index in [1.807, 2.05) is 0 Å². The van der Waals surface area contributed by atoms with Gasteiger partial charge in [0.05, 0.1) is 15.7 Å². The van der Waals surface area contributed by atoms with Gasteiger partial charge in [-0.25, -0.2) is 0 Å². The summed E-state index contributed by atoms with van der Waals surface area (Å²) < 4.78 is 26.7. The lowest BCUT2D eigenvalue weighted by Crippen LogP contribution is -2.20. The topological polar surface area (TPSA) is 49.2 Å². The summed E-state index contributed by atoms with van der Waals surface area (Å²) in [6, 6.07) is 4.59. The van der Waals surface area contributed by atoms with Crippen molar-refractivity contribution in [2.24, 2.45) is 0 Å². The van der Waals surface area contributed by atoms with Gasteiger partial charge >= 0.3 is 10.2 Å². The van der Waals surface area contributed by atoms with E-state index in [1.54, 1.807) is 12.1 Å². The van der Waals surface area contributed by atoms with E-state index in [0.29, 0.717) is 28.8 Å². The third-order valence-corrected chi connectivity index (χ3v) is 4.19. The van der Waals surface area contributed by atoms with Gasteiger partial charge in [-0.15, -0.1) is 0 Å². The van der Waals surface area contributed by atoms with Crippen molar-refractivity contribution in [3.8, 4) is 0 Å². The molecular formula is C8H8Cl2N2O2S. The van der Waals surface area contributed by atoms with E-state index in [2.05, 4.69) is 4.72 Å². The van der Waals surface area contributed by atoms with Crippen LogP contribution in [0.2, 0.25) is 10.0 Å². The zero-order chi connectivity index (χ0) is 11.1. The Morgan fingerprint density at radius 1 is 1.20 bits per heavy atom. The first-order valence-corrected chi connectivity index (χ1v) is 6.41. The second-order valence-electron chi connectivity index (χ2n) is 3.14. The third-order valence-electron chi connectivity index (χ3n) is 1.91. The summed E-state index contributed by atoms with van der Waals surface area (Å²) in [6.45, 7) is 1.13. The van der Waals surface area contributed by atoms with E-state index in [9.17, 15) is 8.42 Å². The average Bonchev–Trinajstić information content (AvgIpc) is 2.93. The number of benzene rings is 1. The molecule has 0 spiro atoms. The second kappa shape index (κ2) is 3.83. The fourth-order valence-corrected chi connectivity index (χ4v) is 2.47. The fraction of sp³-hybridized carbons (Fsp3) is 0.250. The van der Waals surface area contributed by atoms with Gasteiger partial charge in [-0.1, -0.05) is 23.2 Å². The Morgan fingerprint density at radius 2 is 1.87 bits per heavy atom. The highest BCUT2D eigenvalue weighted by atomic mass is 35.5. The lowest BCUT2D eigenvalue weighted by atomic mass is 10.3. The molecule has 0 saturated carbocycles. The number of hydrogen-bond donors (Lipinski definition) is 1. The molecule has 15 heavy (non-hydrogen) atoms. The minimum Gasteiger partial charge on any atom is -0.271 e. The largest absolute Gasteiger partial charge is 0.301 e. The highest BCUT2D eigenvalue weighted by Gasteiger charge is 2.31. The quantitative estimate of drug-likeness (QED) is 0.851. The fourth-order valence-electron chi connectivity index (χ4n) is 1.05. The van der Waals surface area contributed by atoms with Gasteiger partial charge in [0.25, 0.3) is 0 Å². The Balaban J connectivity index is 2.21. The lowest BCUT2D eigenvalue weighted by Gasteiger charge is -2.08. The van der Waals surface area contributed by atoms with E-state index in [0.717, 1.165) is 0 Å². The van der Waals surface area contributed by atoms with Crippen LogP contribution in [-0.4, -0.2) is 25.8 Å². The van der Waals surface area contributed by atoms with Gasteiger partial charge in [0.2, 0.25) is 0 Å². The summed E-state index contributed by atoms with van der Waals surface area (Å²) in [7, 11) is -3.39. The molecule has 1 fully saturated rings. The Bertz CT molecular complexity index is 485. The molecule has 7 heteroatoms. The van der Waals surface area contributed by atoms with Crippen molar-refractivity contribution in [3.63, 3.8) is 0 Å². The molecule has 1 aromatic rings. The van der Waals surface area contributed by atoms with Crippen LogP contribution in [0, 0.1) is 0 Å². The minimum absolute atomic E-state index is 0.322. The Hall–Kier alpha value is -0.490. The van der Waals surface area contributed by atoms with Crippen LogP contribution >= 0.6 is 23.2 Å². The number of anilines is 1. The normalized spacial score (nSPS) is 16.4. The number of hydrogen-bond acceptors (Lipinski definition) is 2. The van der Waals surface area contributed by atoms with Crippen molar-refractivity contribution in [2.75, 3.05) is 17.8 Å². The summed E-state index contributed by atoms with van der Waals surface area (Å²) in [5.74, 6) is 0. The number of halogens is 2. The molecule has 1 N–H and O–H groups in total. The highest BCUT2D eigenvalue weighted by Crippen LogP contribution is 2.26. The van der Waals surface area contributed by atoms with Gasteiger partial charge in [0, 0.05) is 13.1 Å². The molecule has 1 aliphatic heterocycles. The summed E-state index contributed by atoms with van der Waals surface area (Å²) >= 11 is 11.5. The first kappa shape index (κ1) is 11.0. The van der Waals surface area contributed by atoms with Gasteiger partial charge in [-0.3, -0.25) is 4.72 Å². The van der Waals surface area contributed by atoms with Crippen LogP contribution < -0.4 is 4.72 Å². The smallest absolute Gasteiger partial charge is 0.271 e. The number of nitrogens with zero attached hydrogens (tertiary/aromatic N) is 1. The summed E-state index contributed by atoms with van der Waals surface area (Å²) in [5.41, 5.74) is 0.413. The molecule has 1 heterocycles. The van der Waals surface area contributed by atoms with Crippen molar-refractivity contribution >= 4 is 39.1 Å². The monoisotopic (exact) mass is 266 g/mol. The van der Waals surface area contributed by atoms with Crippen LogP contribution in [0.25, 0.3) is 0 Å². The molecule has 1 aromatic carbocycles. The van der Waals surface area contributed by atoms with Crippen molar-refractivity contribution in [2.45, 2.75) is 0 Å². The zero-order valence-electron chi connectivity index (χ0n) is 7.57. The first-order valence-electron chi connectivity index (χ1n) is 4.22. The lowest BCUT2D eigenvalue weighted by molar-refractivity contribution is 0.569. The molecule has 1 aliphatic rings. The average molecular weight is 267 g/mol. The Kier molecular flexibility index (Phi) is 2.81. The summed E-state index contributed by atoms with van der Waals surface area (Å²) in [4.78, 5) is 0. The van der Waals surface area contributed by atoms with Gasteiger partial charge < -0.3 is 0 Å². The predicted molar refractivity (Wildman–Crippen MR) is 60.6 cm³/mol. The summed E-state index contributed by atoms with van der Waals surface area (Å²) in [6.07, 6.45) is 0. The predicted octanol–water partition coefficient (Wildman–Crippen LogP) is 1.97. The maximum Gasteiger partial charge on any atom is 0.301 e. The van der Waals surface area contributed by atoms with Crippen molar-refractivity contribution in [3.05, 3.63) is 28.2 Å². The van der Waals surface area contributed by atoms with Crippen molar-refractivity contribution in [1.82, 2.24) is 4.31 Å². The first-order chi connectivity index (χ1) is 6.99. The Morgan fingerprint density at radius 3 is 2.40 bits per heavy atom. The van der Waals surface area contributed by atoms with E-state index >= 15 is 0 Å². The zero-order valence-corrected chi connectivity index (χ0v) is 9.90. The summed E-state index contributed by atoms with van der Waals surface area (Å²) in [5, 5.41) is 0.717. The minimum atomic E-state index is -3.39. The molecule has 0 aromatic heterocycles. The van der Waals surface area contributed by atoms with Crippen LogP contribution in [0.15, 0.2) is 18.2 Å². The van der Waals surface area contributed by atoms with E-state index in [-0.39, 0.29) is 0 Å². The number of rotatable bonds is 3. The van der Waals surface area contributed by atoms with E-state index in [4.69, 9.17) is 23.2 Å². The molecule has 2 rings (SSSR count). The SMILES string of the molecule is O=S(=O)(Nc1ccc(Cl)c(Cl)c1)N1CC1. The molecule has 0 bridgehead atoms. The van der Waals surface area contributed by atoms with Crippen LogP contribution in [0.4, 0.5) is 5.69 Å². The third kappa shape index (κ3) is 2.55. The molecule has 0 unspecified atom stereocenters. The molecule has 0 amide bonds. The number of nitrogens with one attached hydrogen (secondary N) is 1. The molecule has 0 atom stereocenters. The molecular weight excluding hydrogens is 259 g/mol. The van der Waals surface area contributed by atoms with Crippen LogP contribution in [0.5, 0.6) is 0 Å². The molecule has 82 valence electrons. The van der Waals surface area contributed by atoms with Gasteiger partial charge in [-0.05, 0) is 18.2 Å². The van der Waals surface area contributed by atoms with Gasteiger partial charge in [0.1, 0.15) is 0 Å². The molecule has 0 radical (unpaired) electrons. The van der Waals surface area contributed by atoms with Crippen molar-refractivity contribution in [1.29, 1.82) is 0 Å². The van der Waals surface area contributed by atoms with Crippen molar-refractivity contribution < 1.29 is 8.42 Å². The maximum atomic E-state index is 11.5. The highest BCUT2D eigenvalue weighted by molar-refractivity contribution is 7.90.